The molecule has 1 aromatic carbocycles. The van der Waals surface area contributed by atoms with Crippen molar-refractivity contribution < 1.29 is 13.2 Å². The Morgan fingerprint density at radius 2 is 2.10 bits per heavy atom. The third-order valence-corrected chi connectivity index (χ3v) is 6.05. The zero-order valence-corrected chi connectivity index (χ0v) is 16.8. The standard InChI is InChI=1S/C19H20N6O3S/c1-13-17(18-20-9-5-11-25(18)22-13)19(26)21-14-6-3-7-15(12-14)29(27,28)23-16-8-4-10-24(16)2/h3,5-7,9,11-12H,4,8,10H2,1-2H3,(H,21,26)/b23-16+. The fourth-order valence-electron chi connectivity index (χ4n) is 3.29. The normalized spacial score (nSPS) is 15.9. The van der Waals surface area contributed by atoms with E-state index in [-0.39, 0.29) is 4.90 Å². The summed E-state index contributed by atoms with van der Waals surface area (Å²) in [6.45, 7) is 2.51. The van der Waals surface area contributed by atoms with E-state index in [0.717, 1.165) is 13.0 Å². The van der Waals surface area contributed by atoms with Crippen molar-refractivity contribution in [2.45, 2.75) is 24.7 Å². The Hall–Kier alpha value is -3.27. The maximum absolute atomic E-state index is 12.8. The number of carbonyl (C=O) groups is 1. The average molecular weight is 412 g/mol. The van der Waals surface area contributed by atoms with Gasteiger partial charge in [-0.25, -0.2) is 9.50 Å². The molecule has 150 valence electrons. The fraction of sp³-hybridized carbons (Fsp3) is 0.263. The molecular weight excluding hydrogens is 392 g/mol. The molecule has 2 aromatic heterocycles. The molecule has 1 aliphatic heterocycles. The molecule has 4 rings (SSSR count). The molecule has 0 unspecified atom stereocenters. The Morgan fingerprint density at radius 1 is 1.28 bits per heavy atom. The monoisotopic (exact) mass is 412 g/mol. The van der Waals surface area contributed by atoms with Crippen molar-refractivity contribution in [2.24, 2.45) is 4.40 Å². The number of nitrogens with one attached hydrogen (secondary N) is 1. The predicted octanol–water partition coefficient (Wildman–Crippen LogP) is 2.10. The molecule has 1 aliphatic rings. The van der Waals surface area contributed by atoms with Crippen molar-refractivity contribution in [3.05, 3.63) is 54.0 Å². The first-order valence-electron chi connectivity index (χ1n) is 9.11. The molecule has 1 saturated heterocycles. The van der Waals surface area contributed by atoms with Crippen LogP contribution in [0.15, 0.2) is 52.0 Å². The molecular formula is C19H20N6O3S. The number of nitrogens with zero attached hydrogens (tertiary/aromatic N) is 5. The molecule has 29 heavy (non-hydrogen) atoms. The summed E-state index contributed by atoms with van der Waals surface area (Å²) in [7, 11) is -2.04. The molecule has 1 fully saturated rings. The highest BCUT2D eigenvalue weighted by atomic mass is 32.2. The Balaban J connectivity index is 1.62. The minimum absolute atomic E-state index is 0.0258. The van der Waals surface area contributed by atoms with Crippen LogP contribution >= 0.6 is 0 Å². The zero-order chi connectivity index (χ0) is 20.6. The minimum atomic E-state index is -3.87. The number of amidine groups is 1. The number of aromatic nitrogens is 3. The highest BCUT2D eigenvalue weighted by Gasteiger charge is 2.22. The number of fused-ring (bicyclic) bond motifs is 1. The highest BCUT2D eigenvalue weighted by Crippen LogP contribution is 2.21. The molecule has 1 amide bonds. The lowest BCUT2D eigenvalue weighted by Gasteiger charge is -2.11. The lowest BCUT2D eigenvalue weighted by molar-refractivity contribution is 0.102. The Morgan fingerprint density at radius 3 is 2.86 bits per heavy atom. The number of hydrogen-bond acceptors (Lipinski definition) is 5. The van der Waals surface area contributed by atoms with Crippen LogP contribution in [-0.4, -0.2) is 53.3 Å². The highest BCUT2D eigenvalue weighted by molar-refractivity contribution is 7.90. The minimum Gasteiger partial charge on any atom is -0.362 e. The van der Waals surface area contributed by atoms with Crippen LogP contribution in [-0.2, 0) is 10.0 Å². The van der Waals surface area contributed by atoms with Gasteiger partial charge in [-0.1, -0.05) is 6.07 Å². The van der Waals surface area contributed by atoms with E-state index in [9.17, 15) is 13.2 Å². The zero-order valence-electron chi connectivity index (χ0n) is 16.0. The van der Waals surface area contributed by atoms with Crippen LogP contribution in [0, 0.1) is 6.92 Å². The molecule has 1 N–H and O–H groups in total. The molecule has 0 bridgehead atoms. The van der Waals surface area contributed by atoms with E-state index in [1.54, 1.807) is 37.5 Å². The number of anilines is 1. The van der Waals surface area contributed by atoms with Gasteiger partial charge in [-0.05, 0) is 37.6 Å². The van der Waals surface area contributed by atoms with Crippen LogP contribution in [0.1, 0.15) is 28.9 Å². The van der Waals surface area contributed by atoms with E-state index < -0.39 is 15.9 Å². The van der Waals surface area contributed by atoms with Crippen LogP contribution in [0.25, 0.3) is 5.65 Å². The van der Waals surface area contributed by atoms with E-state index in [1.165, 1.54) is 16.6 Å². The van der Waals surface area contributed by atoms with Gasteiger partial charge in [0.15, 0.2) is 5.65 Å². The summed E-state index contributed by atoms with van der Waals surface area (Å²) in [5.74, 6) is 0.139. The Bertz CT molecular complexity index is 1230. The number of carbonyl (C=O) groups excluding carboxylic acids is 1. The third kappa shape index (κ3) is 3.70. The molecule has 10 heteroatoms. The molecule has 0 radical (unpaired) electrons. The largest absolute Gasteiger partial charge is 0.362 e. The molecule has 3 aromatic rings. The van der Waals surface area contributed by atoms with Gasteiger partial charge in [0.2, 0.25) is 0 Å². The molecule has 9 nitrogen and oxygen atoms in total. The molecule has 0 aliphatic carbocycles. The topological polar surface area (TPSA) is 109 Å². The van der Waals surface area contributed by atoms with Gasteiger partial charge >= 0.3 is 0 Å². The van der Waals surface area contributed by atoms with Crippen LogP contribution < -0.4 is 5.32 Å². The first kappa shape index (κ1) is 19.1. The lowest BCUT2D eigenvalue weighted by Crippen LogP contribution is -2.20. The van der Waals surface area contributed by atoms with Gasteiger partial charge in [0.1, 0.15) is 11.4 Å². The summed E-state index contributed by atoms with van der Waals surface area (Å²) in [6, 6.07) is 7.79. The maximum atomic E-state index is 12.8. The summed E-state index contributed by atoms with van der Waals surface area (Å²) >= 11 is 0. The number of rotatable bonds is 4. The summed E-state index contributed by atoms with van der Waals surface area (Å²) in [5.41, 5.74) is 1.65. The molecule has 3 heterocycles. The van der Waals surface area contributed by atoms with Crippen molar-refractivity contribution in [3.63, 3.8) is 0 Å². The maximum Gasteiger partial charge on any atom is 0.284 e. The Labute approximate surface area is 168 Å². The van der Waals surface area contributed by atoms with E-state index in [4.69, 9.17) is 0 Å². The first-order chi connectivity index (χ1) is 13.8. The lowest BCUT2D eigenvalue weighted by atomic mass is 10.2. The number of benzene rings is 1. The third-order valence-electron chi connectivity index (χ3n) is 4.75. The van der Waals surface area contributed by atoms with E-state index in [1.807, 2.05) is 11.9 Å². The van der Waals surface area contributed by atoms with E-state index in [2.05, 4.69) is 19.8 Å². The quantitative estimate of drug-likeness (QED) is 0.703. The van der Waals surface area contributed by atoms with Crippen molar-refractivity contribution in [2.75, 3.05) is 18.9 Å². The Kier molecular flexibility index (Phi) is 4.79. The van der Waals surface area contributed by atoms with Crippen LogP contribution in [0.3, 0.4) is 0 Å². The van der Waals surface area contributed by atoms with Crippen LogP contribution in [0.4, 0.5) is 5.69 Å². The number of hydrogen-bond donors (Lipinski definition) is 1. The fourth-order valence-corrected chi connectivity index (χ4v) is 4.43. The second kappa shape index (κ2) is 7.28. The van der Waals surface area contributed by atoms with Crippen molar-refractivity contribution in [1.29, 1.82) is 0 Å². The van der Waals surface area contributed by atoms with Crippen LogP contribution in [0.2, 0.25) is 0 Å². The van der Waals surface area contributed by atoms with Gasteiger partial charge < -0.3 is 10.2 Å². The summed E-state index contributed by atoms with van der Waals surface area (Å²) < 4.78 is 30.8. The second-order valence-corrected chi connectivity index (χ2v) is 8.44. The number of likely N-dealkylation sites (tertiary alicyclic amines) is 1. The van der Waals surface area contributed by atoms with E-state index >= 15 is 0 Å². The van der Waals surface area contributed by atoms with Gasteiger partial charge in [-0.15, -0.1) is 4.40 Å². The van der Waals surface area contributed by atoms with Crippen molar-refractivity contribution in [1.82, 2.24) is 19.5 Å². The van der Waals surface area contributed by atoms with Crippen LogP contribution in [0.5, 0.6) is 0 Å². The van der Waals surface area contributed by atoms with Gasteiger partial charge in [-0.2, -0.15) is 13.5 Å². The average Bonchev–Trinajstić information content (AvgIpc) is 3.23. The summed E-state index contributed by atoms with van der Waals surface area (Å²) in [6.07, 6.45) is 4.80. The molecule has 0 spiro atoms. The van der Waals surface area contributed by atoms with Crippen molar-refractivity contribution in [3.8, 4) is 0 Å². The number of aryl methyl sites for hydroxylation is 1. The van der Waals surface area contributed by atoms with Gasteiger partial charge in [0.05, 0.1) is 10.6 Å². The molecule has 0 saturated carbocycles. The smallest absolute Gasteiger partial charge is 0.284 e. The summed E-state index contributed by atoms with van der Waals surface area (Å²) in [4.78, 5) is 18.9. The van der Waals surface area contributed by atoms with Crippen molar-refractivity contribution >= 4 is 33.1 Å². The first-order valence-corrected chi connectivity index (χ1v) is 10.6. The number of amides is 1. The second-order valence-electron chi connectivity index (χ2n) is 6.84. The SMILES string of the molecule is Cc1nn2cccnc2c1C(=O)Nc1cccc(S(=O)(=O)/N=C2\CCCN2C)c1. The van der Waals surface area contributed by atoms with E-state index in [0.29, 0.717) is 34.8 Å². The number of sulfonamides is 1. The predicted molar refractivity (Wildman–Crippen MR) is 109 cm³/mol. The van der Waals surface area contributed by atoms with Gasteiger partial charge in [-0.3, -0.25) is 4.79 Å². The van der Waals surface area contributed by atoms with Gasteiger partial charge in [0, 0.05) is 38.1 Å². The van der Waals surface area contributed by atoms with Gasteiger partial charge in [0.25, 0.3) is 15.9 Å². The summed E-state index contributed by atoms with van der Waals surface area (Å²) in [5, 5.41) is 7.01. The molecule has 0 atom stereocenters.